The predicted molar refractivity (Wildman–Crippen MR) is 102 cm³/mol. The van der Waals surface area contributed by atoms with Crippen molar-refractivity contribution < 1.29 is 18.4 Å². The molecule has 6 heteroatoms. The number of rotatable bonds is 7. The molecule has 0 saturated carbocycles. The zero-order chi connectivity index (χ0) is 19.3. The summed E-state index contributed by atoms with van der Waals surface area (Å²) in [5.41, 5.74) is 1.13. The Hall–Kier alpha value is -3.28. The minimum absolute atomic E-state index is 0.0122. The van der Waals surface area contributed by atoms with E-state index in [1.165, 1.54) is 0 Å². The van der Waals surface area contributed by atoms with Gasteiger partial charge in [-0.2, -0.15) is 0 Å². The molecule has 1 aromatic carbocycles. The lowest BCUT2D eigenvalue weighted by Gasteiger charge is -2.24. The van der Waals surface area contributed by atoms with Crippen molar-refractivity contribution >= 4 is 11.8 Å². The smallest absolute Gasteiger partial charge is 0.243 e. The van der Waals surface area contributed by atoms with Crippen LogP contribution in [0.1, 0.15) is 29.4 Å². The molecular formula is C22H22N2O4. The maximum atomic E-state index is 13.0. The van der Waals surface area contributed by atoms with Crippen LogP contribution in [-0.4, -0.2) is 34.7 Å². The van der Waals surface area contributed by atoms with Gasteiger partial charge in [-0.25, -0.2) is 0 Å². The van der Waals surface area contributed by atoms with Crippen LogP contribution >= 0.6 is 0 Å². The molecule has 28 heavy (non-hydrogen) atoms. The number of hydrogen-bond acceptors (Lipinski definition) is 4. The van der Waals surface area contributed by atoms with Crippen molar-refractivity contribution in [1.29, 1.82) is 0 Å². The number of benzene rings is 1. The van der Waals surface area contributed by atoms with Gasteiger partial charge in [0.15, 0.2) is 0 Å². The fourth-order valence-corrected chi connectivity index (χ4v) is 3.55. The molecule has 1 aliphatic heterocycles. The molecule has 1 saturated heterocycles. The molecule has 2 aromatic heterocycles. The van der Waals surface area contributed by atoms with Gasteiger partial charge in [-0.3, -0.25) is 9.59 Å². The highest BCUT2D eigenvalue weighted by Gasteiger charge is 2.32. The normalized spacial score (nSPS) is 16.5. The molecule has 3 aromatic rings. The van der Waals surface area contributed by atoms with Crippen LogP contribution in [0.5, 0.6) is 0 Å². The second-order valence-corrected chi connectivity index (χ2v) is 6.99. The van der Waals surface area contributed by atoms with Crippen molar-refractivity contribution in [1.82, 2.24) is 9.80 Å². The highest BCUT2D eigenvalue weighted by molar-refractivity contribution is 5.86. The van der Waals surface area contributed by atoms with Crippen LogP contribution in [0.4, 0.5) is 0 Å². The minimum atomic E-state index is -0.130. The molecule has 2 amide bonds. The molecule has 1 unspecified atom stereocenters. The number of carbonyl (C=O) groups excluding carboxylic acids is 2. The van der Waals surface area contributed by atoms with E-state index >= 15 is 0 Å². The molecule has 0 aliphatic carbocycles. The first kappa shape index (κ1) is 18.1. The molecule has 1 aliphatic rings. The zero-order valence-corrected chi connectivity index (χ0v) is 15.5. The lowest BCUT2D eigenvalue weighted by atomic mass is 9.99. The van der Waals surface area contributed by atoms with E-state index in [4.69, 9.17) is 8.83 Å². The maximum Gasteiger partial charge on any atom is 0.243 e. The van der Waals surface area contributed by atoms with Gasteiger partial charge >= 0.3 is 0 Å². The molecule has 6 nitrogen and oxygen atoms in total. The predicted octanol–water partition coefficient (Wildman–Crippen LogP) is 3.42. The largest absolute Gasteiger partial charge is 0.467 e. The van der Waals surface area contributed by atoms with Gasteiger partial charge in [0.25, 0.3) is 0 Å². The summed E-state index contributed by atoms with van der Waals surface area (Å²) in [4.78, 5) is 28.8. The Bertz CT molecular complexity index is 867. The van der Waals surface area contributed by atoms with E-state index in [-0.39, 0.29) is 24.3 Å². The average Bonchev–Trinajstić information content (AvgIpc) is 3.46. The molecule has 3 heterocycles. The van der Waals surface area contributed by atoms with E-state index in [0.717, 1.165) is 5.56 Å². The number of hydrogen-bond donors (Lipinski definition) is 0. The van der Waals surface area contributed by atoms with Crippen molar-refractivity contribution in [3.63, 3.8) is 0 Å². The standard InChI is InChI=1S/C22H22N2O4/c25-21-12-18(17-6-2-1-3-7-17)13-23(21)16-22(26)24(14-19-8-4-10-27-19)15-20-9-5-11-28-20/h1-11,18H,12-16H2. The first-order chi connectivity index (χ1) is 13.7. The highest BCUT2D eigenvalue weighted by Crippen LogP contribution is 2.28. The Morgan fingerprint density at radius 1 is 0.964 bits per heavy atom. The molecule has 4 rings (SSSR count). The van der Waals surface area contributed by atoms with E-state index in [0.29, 0.717) is 37.6 Å². The Kier molecular flexibility index (Phi) is 5.28. The fraction of sp³-hybridized carbons (Fsp3) is 0.273. The van der Waals surface area contributed by atoms with Gasteiger partial charge in [-0.15, -0.1) is 0 Å². The summed E-state index contributed by atoms with van der Waals surface area (Å²) in [6, 6.07) is 17.2. The molecule has 0 spiro atoms. The first-order valence-electron chi connectivity index (χ1n) is 9.34. The second kappa shape index (κ2) is 8.17. The van der Waals surface area contributed by atoms with Crippen molar-refractivity contribution in [2.45, 2.75) is 25.4 Å². The van der Waals surface area contributed by atoms with Crippen LogP contribution in [0.2, 0.25) is 0 Å². The third-order valence-electron chi connectivity index (χ3n) is 5.02. The summed E-state index contributed by atoms with van der Waals surface area (Å²) in [5, 5.41) is 0. The lowest BCUT2D eigenvalue weighted by molar-refractivity contribution is -0.139. The third kappa shape index (κ3) is 4.17. The van der Waals surface area contributed by atoms with Crippen molar-refractivity contribution in [2.75, 3.05) is 13.1 Å². The van der Waals surface area contributed by atoms with Gasteiger partial charge < -0.3 is 18.6 Å². The Labute approximate surface area is 163 Å². The minimum Gasteiger partial charge on any atom is -0.467 e. The van der Waals surface area contributed by atoms with Gasteiger partial charge in [0.2, 0.25) is 11.8 Å². The quantitative estimate of drug-likeness (QED) is 0.632. The molecule has 0 N–H and O–H groups in total. The van der Waals surface area contributed by atoms with Crippen LogP contribution in [0.3, 0.4) is 0 Å². The Morgan fingerprint density at radius 2 is 1.61 bits per heavy atom. The Morgan fingerprint density at radius 3 is 2.18 bits per heavy atom. The summed E-state index contributed by atoms with van der Waals surface area (Å²) < 4.78 is 10.8. The summed E-state index contributed by atoms with van der Waals surface area (Å²) in [6.07, 6.45) is 3.60. The topological polar surface area (TPSA) is 66.9 Å². The van der Waals surface area contributed by atoms with E-state index in [1.54, 1.807) is 34.5 Å². The van der Waals surface area contributed by atoms with E-state index in [2.05, 4.69) is 0 Å². The Balaban J connectivity index is 1.43. The number of furan rings is 2. The molecular weight excluding hydrogens is 356 g/mol. The van der Waals surface area contributed by atoms with E-state index in [9.17, 15) is 9.59 Å². The number of amides is 2. The van der Waals surface area contributed by atoms with Gasteiger partial charge in [0.05, 0.1) is 32.2 Å². The zero-order valence-electron chi connectivity index (χ0n) is 15.5. The van der Waals surface area contributed by atoms with Crippen LogP contribution in [0.15, 0.2) is 76.0 Å². The number of nitrogens with zero attached hydrogens (tertiary/aromatic N) is 2. The molecule has 0 bridgehead atoms. The molecule has 144 valence electrons. The summed E-state index contributed by atoms with van der Waals surface area (Å²) in [5.74, 6) is 1.39. The third-order valence-corrected chi connectivity index (χ3v) is 5.02. The second-order valence-electron chi connectivity index (χ2n) is 6.99. The van der Waals surface area contributed by atoms with Crippen LogP contribution in [0.25, 0.3) is 0 Å². The van der Waals surface area contributed by atoms with Crippen molar-refractivity contribution in [3.8, 4) is 0 Å². The van der Waals surface area contributed by atoms with Gasteiger partial charge in [0, 0.05) is 18.9 Å². The van der Waals surface area contributed by atoms with Crippen molar-refractivity contribution in [3.05, 3.63) is 84.2 Å². The maximum absolute atomic E-state index is 13.0. The monoisotopic (exact) mass is 378 g/mol. The van der Waals surface area contributed by atoms with Crippen molar-refractivity contribution in [2.24, 2.45) is 0 Å². The fourth-order valence-electron chi connectivity index (χ4n) is 3.55. The van der Waals surface area contributed by atoms with E-state index < -0.39 is 0 Å². The summed E-state index contributed by atoms with van der Waals surface area (Å²) in [6.45, 7) is 1.28. The number of carbonyl (C=O) groups is 2. The van der Waals surface area contributed by atoms with E-state index in [1.807, 2.05) is 42.5 Å². The highest BCUT2D eigenvalue weighted by atomic mass is 16.3. The first-order valence-corrected chi connectivity index (χ1v) is 9.34. The summed E-state index contributed by atoms with van der Waals surface area (Å²) in [7, 11) is 0. The number of likely N-dealkylation sites (tertiary alicyclic amines) is 1. The molecule has 1 atom stereocenters. The average molecular weight is 378 g/mol. The van der Waals surface area contributed by atoms with Gasteiger partial charge in [-0.05, 0) is 29.8 Å². The van der Waals surface area contributed by atoms with Crippen LogP contribution in [-0.2, 0) is 22.7 Å². The molecule has 0 radical (unpaired) electrons. The van der Waals surface area contributed by atoms with Crippen LogP contribution < -0.4 is 0 Å². The summed E-state index contributed by atoms with van der Waals surface area (Å²) >= 11 is 0. The van der Waals surface area contributed by atoms with Gasteiger partial charge in [0.1, 0.15) is 11.5 Å². The lowest BCUT2D eigenvalue weighted by Crippen LogP contribution is -2.40. The molecule has 1 fully saturated rings. The van der Waals surface area contributed by atoms with Gasteiger partial charge in [-0.1, -0.05) is 30.3 Å². The SMILES string of the molecule is O=C(CN1CC(c2ccccc2)CC1=O)N(Cc1ccco1)Cc1ccco1. The van der Waals surface area contributed by atoms with Crippen LogP contribution in [0, 0.1) is 0 Å².